The summed E-state index contributed by atoms with van der Waals surface area (Å²) in [6, 6.07) is 14.9. The first kappa shape index (κ1) is 19.1. The lowest BCUT2D eigenvalue weighted by atomic mass is 9.83. The average Bonchev–Trinajstić information content (AvgIpc) is 2.68. The molecular formula is C21H10Br2ClNO3. The van der Waals surface area contributed by atoms with Crippen LogP contribution in [0.4, 0.5) is 5.69 Å². The van der Waals surface area contributed by atoms with Gasteiger partial charge in [-0.3, -0.25) is 14.4 Å². The van der Waals surface area contributed by atoms with E-state index in [4.69, 9.17) is 11.6 Å². The highest BCUT2D eigenvalue weighted by atomic mass is 79.9. The number of anilines is 1. The fourth-order valence-electron chi connectivity index (χ4n) is 3.17. The molecule has 138 valence electrons. The number of carbonyl (C=O) groups excluding carboxylic acids is 3. The standard InChI is InChI=1S/C21H10Br2ClNO3/c22-13-9-14(23)18(25-21(28)12-7-3-4-8-15(12)24)17-16(13)19(26)10-5-1-2-6-11(10)20(17)27/h1-9H,(H,25,28). The quantitative estimate of drug-likeness (QED) is 0.359. The second-order valence-corrected chi connectivity index (χ2v) is 8.22. The van der Waals surface area contributed by atoms with E-state index in [9.17, 15) is 14.4 Å². The van der Waals surface area contributed by atoms with Crippen molar-refractivity contribution in [1.29, 1.82) is 0 Å². The van der Waals surface area contributed by atoms with Crippen molar-refractivity contribution in [3.8, 4) is 0 Å². The van der Waals surface area contributed by atoms with Gasteiger partial charge in [0.1, 0.15) is 0 Å². The number of amides is 1. The first-order valence-corrected chi connectivity index (χ1v) is 10.1. The summed E-state index contributed by atoms with van der Waals surface area (Å²) in [6.07, 6.45) is 0. The Morgan fingerprint density at radius 1 is 0.821 bits per heavy atom. The number of ketones is 2. The first-order chi connectivity index (χ1) is 13.4. The molecule has 0 heterocycles. The summed E-state index contributed by atoms with van der Waals surface area (Å²) in [7, 11) is 0. The molecule has 1 amide bonds. The maximum Gasteiger partial charge on any atom is 0.257 e. The van der Waals surface area contributed by atoms with Crippen molar-refractivity contribution in [2.45, 2.75) is 0 Å². The Labute approximate surface area is 182 Å². The van der Waals surface area contributed by atoms with Crippen molar-refractivity contribution < 1.29 is 14.4 Å². The minimum absolute atomic E-state index is 0.144. The molecule has 0 aromatic heterocycles. The Hall–Kier alpha value is -2.28. The fraction of sp³-hybridized carbons (Fsp3) is 0. The zero-order valence-corrected chi connectivity index (χ0v) is 18.0. The van der Waals surface area contributed by atoms with Gasteiger partial charge in [0.2, 0.25) is 0 Å². The van der Waals surface area contributed by atoms with Crippen LogP contribution < -0.4 is 5.32 Å². The lowest BCUT2D eigenvalue weighted by Crippen LogP contribution is -2.25. The summed E-state index contributed by atoms with van der Waals surface area (Å²) in [6.45, 7) is 0. The monoisotopic (exact) mass is 517 g/mol. The number of halogens is 3. The Morgan fingerprint density at radius 2 is 1.39 bits per heavy atom. The third-order valence-electron chi connectivity index (χ3n) is 4.46. The summed E-state index contributed by atoms with van der Waals surface area (Å²) in [4.78, 5) is 39.0. The van der Waals surface area contributed by atoms with Gasteiger partial charge in [-0.1, -0.05) is 48.0 Å². The third kappa shape index (κ3) is 3.02. The molecule has 4 rings (SSSR count). The minimum atomic E-state index is -0.477. The van der Waals surface area contributed by atoms with Crippen LogP contribution in [0.2, 0.25) is 5.02 Å². The van der Waals surface area contributed by atoms with Crippen molar-refractivity contribution in [1.82, 2.24) is 0 Å². The van der Waals surface area contributed by atoms with Crippen molar-refractivity contribution >= 4 is 66.6 Å². The molecule has 0 unspecified atom stereocenters. The Kier molecular flexibility index (Phi) is 4.95. The van der Waals surface area contributed by atoms with Crippen LogP contribution in [0.25, 0.3) is 0 Å². The minimum Gasteiger partial charge on any atom is -0.320 e. The van der Waals surface area contributed by atoms with E-state index in [0.717, 1.165) is 0 Å². The van der Waals surface area contributed by atoms with Gasteiger partial charge >= 0.3 is 0 Å². The van der Waals surface area contributed by atoms with Gasteiger partial charge in [-0.15, -0.1) is 0 Å². The first-order valence-electron chi connectivity index (χ1n) is 8.16. The molecule has 3 aromatic rings. The van der Waals surface area contributed by atoms with Gasteiger partial charge in [0.15, 0.2) is 11.6 Å². The van der Waals surface area contributed by atoms with E-state index in [2.05, 4.69) is 37.2 Å². The lowest BCUT2D eigenvalue weighted by molar-refractivity contribution is 0.0978. The predicted octanol–water partition coefficient (Wildman–Crippen LogP) is 5.89. The number of hydrogen-bond donors (Lipinski definition) is 1. The van der Waals surface area contributed by atoms with Crippen LogP contribution in [0.15, 0.2) is 63.5 Å². The summed E-state index contributed by atoms with van der Waals surface area (Å²) >= 11 is 12.9. The summed E-state index contributed by atoms with van der Waals surface area (Å²) in [5.74, 6) is -1.09. The van der Waals surface area contributed by atoms with Crippen LogP contribution in [0.1, 0.15) is 42.2 Å². The zero-order chi connectivity index (χ0) is 20.0. The number of fused-ring (bicyclic) bond motifs is 2. The number of nitrogens with one attached hydrogen (secondary N) is 1. The molecule has 4 nitrogen and oxygen atoms in total. The summed E-state index contributed by atoms with van der Waals surface area (Å²) in [5, 5.41) is 3.03. The van der Waals surface area contributed by atoms with Gasteiger partial charge in [-0.05, 0) is 50.1 Å². The molecule has 28 heavy (non-hydrogen) atoms. The fourth-order valence-corrected chi connectivity index (χ4v) is 4.83. The second kappa shape index (κ2) is 7.28. The average molecular weight is 520 g/mol. The topological polar surface area (TPSA) is 63.2 Å². The van der Waals surface area contributed by atoms with Gasteiger partial charge < -0.3 is 5.32 Å². The van der Waals surface area contributed by atoms with Crippen LogP contribution >= 0.6 is 43.5 Å². The second-order valence-electron chi connectivity index (χ2n) is 6.10. The van der Waals surface area contributed by atoms with E-state index >= 15 is 0 Å². The van der Waals surface area contributed by atoms with Gasteiger partial charge in [0, 0.05) is 20.1 Å². The van der Waals surface area contributed by atoms with Gasteiger partial charge in [0.25, 0.3) is 5.91 Å². The van der Waals surface area contributed by atoms with Crippen LogP contribution in [0.5, 0.6) is 0 Å². The maximum atomic E-state index is 13.2. The third-order valence-corrected chi connectivity index (χ3v) is 6.04. The van der Waals surface area contributed by atoms with Crippen LogP contribution in [0.3, 0.4) is 0 Å². The maximum absolute atomic E-state index is 13.2. The Balaban J connectivity index is 1.89. The SMILES string of the molecule is O=C(Nc1c(Br)cc(Br)c2c1C(=O)c1ccccc1C2=O)c1ccccc1Cl. The molecule has 0 radical (unpaired) electrons. The highest BCUT2D eigenvalue weighted by molar-refractivity contribution is 9.11. The van der Waals surface area contributed by atoms with E-state index in [0.29, 0.717) is 20.1 Å². The van der Waals surface area contributed by atoms with Gasteiger partial charge in [0.05, 0.1) is 27.4 Å². The summed E-state index contributed by atoms with van der Waals surface area (Å²) in [5.41, 5.74) is 1.51. The lowest BCUT2D eigenvalue weighted by Gasteiger charge is -2.22. The van der Waals surface area contributed by atoms with Gasteiger partial charge in [-0.25, -0.2) is 0 Å². The van der Waals surface area contributed by atoms with E-state index < -0.39 is 5.91 Å². The van der Waals surface area contributed by atoms with Crippen LogP contribution in [0, 0.1) is 0 Å². The molecule has 1 aliphatic carbocycles. The smallest absolute Gasteiger partial charge is 0.257 e. The van der Waals surface area contributed by atoms with Crippen molar-refractivity contribution in [3.63, 3.8) is 0 Å². The van der Waals surface area contributed by atoms with E-state index in [-0.39, 0.29) is 39.0 Å². The number of benzene rings is 3. The molecule has 3 aromatic carbocycles. The molecule has 1 N–H and O–H groups in total. The van der Waals surface area contributed by atoms with Crippen molar-refractivity contribution in [2.24, 2.45) is 0 Å². The predicted molar refractivity (Wildman–Crippen MR) is 115 cm³/mol. The number of carbonyl (C=O) groups is 3. The molecule has 0 saturated heterocycles. The zero-order valence-electron chi connectivity index (χ0n) is 14.1. The highest BCUT2D eigenvalue weighted by Gasteiger charge is 2.35. The molecule has 0 aliphatic heterocycles. The Morgan fingerprint density at radius 3 is 2.04 bits per heavy atom. The van der Waals surface area contributed by atoms with E-state index in [1.54, 1.807) is 54.6 Å². The molecule has 0 fully saturated rings. The number of rotatable bonds is 2. The van der Waals surface area contributed by atoms with E-state index in [1.807, 2.05) is 0 Å². The molecule has 0 bridgehead atoms. The molecule has 7 heteroatoms. The van der Waals surface area contributed by atoms with E-state index in [1.165, 1.54) is 0 Å². The van der Waals surface area contributed by atoms with Gasteiger partial charge in [-0.2, -0.15) is 0 Å². The molecule has 0 saturated carbocycles. The summed E-state index contributed by atoms with van der Waals surface area (Å²) < 4.78 is 0.942. The largest absolute Gasteiger partial charge is 0.320 e. The van der Waals surface area contributed by atoms with Crippen LogP contribution in [-0.4, -0.2) is 17.5 Å². The normalized spacial score (nSPS) is 12.4. The van der Waals surface area contributed by atoms with Crippen molar-refractivity contribution in [3.05, 3.63) is 96.4 Å². The molecular weight excluding hydrogens is 509 g/mol. The Bertz CT molecular complexity index is 1190. The molecule has 0 spiro atoms. The molecule has 0 atom stereocenters. The van der Waals surface area contributed by atoms with Crippen LogP contribution in [-0.2, 0) is 0 Å². The highest BCUT2D eigenvalue weighted by Crippen LogP contribution is 2.41. The van der Waals surface area contributed by atoms with Crippen molar-refractivity contribution in [2.75, 3.05) is 5.32 Å². The number of hydrogen-bond acceptors (Lipinski definition) is 3. The molecule has 1 aliphatic rings.